The number of aryl methyl sites for hydroxylation is 4. The molecule has 12 nitrogen and oxygen atoms in total. The van der Waals surface area contributed by atoms with Crippen molar-refractivity contribution >= 4 is 90.0 Å². The molecule has 418 valence electrons. The van der Waals surface area contributed by atoms with Crippen LogP contribution < -0.4 is 19.3 Å². The van der Waals surface area contributed by atoms with Crippen LogP contribution >= 0.6 is 0 Å². The van der Waals surface area contributed by atoms with E-state index in [4.69, 9.17) is 18.9 Å². The van der Waals surface area contributed by atoms with E-state index in [2.05, 4.69) is 75.5 Å². The van der Waals surface area contributed by atoms with Gasteiger partial charge in [-0.15, -0.1) is 0 Å². The van der Waals surface area contributed by atoms with Gasteiger partial charge in [0.15, 0.2) is 0 Å². The molecule has 10 rings (SSSR count). The van der Waals surface area contributed by atoms with Gasteiger partial charge in [0.05, 0.1) is 33.6 Å². The SMILES string of the molecule is C=CC(=O)OCCOc1cc(C(C)C)c(N2C(=O)c3cc4cc5cc(C)c(CCc6cc7cc8cc9c(cc8cc7cc6C)C(=O)N(c6c(C(C)C)cc(OCCOC(=O)C=C)cc6C(C)C)C9=O)cc5cc4cc3C2=O)c(C(C)C)c1. The summed E-state index contributed by atoms with van der Waals surface area (Å²) in [6.07, 6.45) is 3.77. The molecule has 0 aromatic heterocycles. The molecule has 0 saturated heterocycles. The summed E-state index contributed by atoms with van der Waals surface area (Å²) in [5.74, 6) is -1.64. The third-order valence-electron chi connectivity index (χ3n) is 15.9. The van der Waals surface area contributed by atoms with Crippen LogP contribution in [0.25, 0.3) is 43.1 Å². The number of benzene rings is 8. The zero-order chi connectivity index (χ0) is 58.6. The number of fused-ring (bicyclic) bond motifs is 6. The molecule has 0 spiro atoms. The largest absolute Gasteiger partial charge is 0.490 e. The average molecular weight is 1100 g/mol. The van der Waals surface area contributed by atoms with Gasteiger partial charge < -0.3 is 18.9 Å². The van der Waals surface area contributed by atoms with Crippen LogP contribution in [0, 0.1) is 13.8 Å². The van der Waals surface area contributed by atoms with Crippen LogP contribution in [0.3, 0.4) is 0 Å². The lowest BCUT2D eigenvalue weighted by Gasteiger charge is -2.26. The lowest BCUT2D eigenvalue weighted by molar-refractivity contribution is -0.139. The summed E-state index contributed by atoms with van der Waals surface area (Å²) < 4.78 is 22.3. The maximum Gasteiger partial charge on any atom is 0.330 e. The molecule has 0 aliphatic carbocycles. The van der Waals surface area contributed by atoms with Crippen molar-refractivity contribution < 1.29 is 47.7 Å². The molecule has 12 heteroatoms. The van der Waals surface area contributed by atoms with Crippen LogP contribution in [0.1, 0.15) is 165 Å². The fourth-order valence-corrected chi connectivity index (χ4v) is 11.6. The molecule has 2 aliphatic heterocycles. The first-order valence-electron chi connectivity index (χ1n) is 28.1. The molecule has 4 amide bonds. The van der Waals surface area contributed by atoms with Crippen LogP contribution in [0.4, 0.5) is 11.4 Å². The van der Waals surface area contributed by atoms with Gasteiger partial charge in [-0.05, 0) is 211 Å². The summed E-state index contributed by atoms with van der Waals surface area (Å²) in [4.78, 5) is 84.0. The molecule has 0 atom stereocenters. The third kappa shape index (κ3) is 10.5. The second-order valence-corrected chi connectivity index (χ2v) is 22.8. The molecule has 2 heterocycles. The number of amides is 4. The van der Waals surface area contributed by atoms with Gasteiger partial charge >= 0.3 is 11.9 Å². The second-order valence-electron chi connectivity index (χ2n) is 22.8. The fraction of sp³-hybridized carbons (Fsp3) is 0.286. The minimum absolute atomic E-state index is 0.0475. The number of carbonyl (C=O) groups is 6. The Hall–Kier alpha value is -8.90. The van der Waals surface area contributed by atoms with E-state index in [-0.39, 0.29) is 73.7 Å². The molecule has 8 aromatic rings. The highest BCUT2D eigenvalue weighted by atomic mass is 16.6. The van der Waals surface area contributed by atoms with E-state index in [1.165, 1.54) is 20.9 Å². The van der Waals surface area contributed by atoms with Crippen molar-refractivity contribution in [3.05, 3.63) is 189 Å². The number of nitrogens with zero attached hydrogens (tertiary/aromatic N) is 2. The van der Waals surface area contributed by atoms with Crippen molar-refractivity contribution in [1.82, 2.24) is 0 Å². The summed E-state index contributed by atoms with van der Waals surface area (Å²) >= 11 is 0. The Morgan fingerprint density at radius 3 is 0.939 bits per heavy atom. The monoisotopic (exact) mass is 1100 g/mol. The van der Waals surface area contributed by atoms with Crippen LogP contribution in [0.15, 0.2) is 122 Å². The van der Waals surface area contributed by atoms with E-state index >= 15 is 0 Å². The quantitative estimate of drug-likeness (QED) is 0.0252. The number of carbonyl (C=O) groups excluding carboxylic acids is 6. The highest BCUT2D eigenvalue weighted by Gasteiger charge is 2.42. The van der Waals surface area contributed by atoms with Gasteiger partial charge in [0, 0.05) is 12.2 Å². The van der Waals surface area contributed by atoms with Gasteiger partial charge in [-0.3, -0.25) is 19.2 Å². The maximum absolute atomic E-state index is 14.6. The number of rotatable bonds is 19. The molecule has 82 heavy (non-hydrogen) atoms. The third-order valence-corrected chi connectivity index (χ3v) is 15.9. The average Bonchev–Trinajstić information content (AvgIpc) is 3.10. The Morgan fingerprint density at radius 1 is 0.402 bits per heavy atom. The number of esters is 2. The van der Waals surface area contributed by atoms with Gasteiger partial charge in [0.1, 0.15) is 37.9 Å². The molecule has 2 aliphatic rings. The standard InChI is InChI=1S/C70H68N2O10/c1-13-63(73)81-19-17-79-53-33-55(37(3)4)65(56(34-53)38(5)6)71-67(75)59-29-49-25-45-21-41(11)43(23-47(45)27-51(49)31-61(59)69(71)77)15-16-44-24-48-28-52-32-62-60(30-50(52)26-46(48)22-42(44)12)68(76)72(70(62)78)66-57(39(7)8)35-54(36-58(66)40(9)10)80-18-20-82-64(74)14-2/h13-14,21-40H,1-2,15-20H2,3-12H3. The van der Waals surface area contributed by atoms with Crippen LogP contribution in [0.2, 0.25) is 0 Å². The molecular formula is C70H68N2O10. The van der Waals surface area contributed by atoms with Gasteiger partial charge in [-0.2, -0.15) is 0 Å². The molecule has 0 bridgehead atoms. The van der Waals surface area contributed by atoms with Crippen molar-refractivity contribution in [3.8, 4) is 11.5 Å². The topological polar surface area (TPSA) is 146 Å². The first-order valence-corrected chi connectivity index (χ1v) is 28.1. The lowest BCUT2D eigenvalue weighted by Crippen LogP contribution is -2.32. The molecule has 8 aromatic carbocycles. The summed E-state index contributed by atoms with van der Waals surface area (Å²) in [7, 11) is 0. The summed E-state index contributed by atoms with van der Waals surface area (Å²) in [5.41, 5.74) is 10.5. The van der Waals surface area contributed by atoms with Gasteiger partial charge in [-0.1, -0.05) is 92.8 Å². The predicted octanol–water partition coefficient (Wildman–Crippen LogP) is 15.0. The van der Waals surface area contributed by atoms with Gasteiger partial charge in [0.2, 0.25) is 0 Å². The van der Waals surface area contributed by atoms with E-state index in [0.29, 0.717) is 45.1 Å². The minimum atomic E-state index is -0.531. The van der Waals surface area contributed by atoms with Crippen molar-refractivity contribution in [1.29, 1.82) is 0 Å². The Kier molecular flexibility index (Phi) is 15.5. The summed E-state index contributed by atoms with van der Waals surface area (Å²) in [5, 5.41) is 7.61. The first kappa shape index (κ1) is 56.4. The number of hydrogen-bond donors (Lipinski definition) is 0. The first-order chi connectivity index (χ1) is 39.1. The molecular weight excluding hydrogens is 1030 g/mol. The zero-order valence-corrected chi connectivity index (χ0v) is 48.3. The van der Waals surface area contributed by atoms with Crippen molar-refractivity contribution in [2.45, 2.75) is 106 Å². The van der Waals surface area contributed by atoms with E-state index in [9.17, 15) is 28.8 Å². The number of ether oxygens (including phenoxy) is 4. The molecule has 0 radical (unpaired) electrons. The van der Waals surface area contributed by atoms with Crippen molar-refractivity contribution in [2.24, 2.45) is 0 Å². The molecule has 0 fully saturated rings. The Balaban J connectivity index is 0.902. The highest BCUT2D eigenvalue weighted by Crippen LogP contribution is 2.45. The van der Waals surface area contributed by atoms with E-state index in [0.717, 1.165) is 101 Å². The van der Waals surface area contributed by atoms with Gasteiger partial charge in [-0.25, -0.2) is 19.4 Å². The van der Waals surface area contributed by atoms with E-state index < -0.39 is 11.9 Å². The second kappa shape index (κ2) is 22.6. The molecule has 0 N–H and O–H groups in total. The van der Waals surface area contributed by atoms with Crippen LogP contribution in [0.5, 0.6) is 11.5 Å². The van der Waals surface area contributed by atoms with Crippen LogP contribution in [-0.2, 0) is 31.9 Å². The molecule has 0 unspecified atom stereocenters. The van der Waals surface area contributed by atoms with Gasteiger partial charge in [0.25, 0.3) is 23.6 Å². The Bertz CT molecular complexity index is 3730. The lowest BCUT2D eigenvalue weighted by atomic mass is 9.91. The predicted molar refractivity (Wildman–Crippen MR) is 325 cm³/mol. The molecule has 0 saturated carbocycles. The summed E-state index contributed by atoms with van der Waals surface area (Å²) in [6.45, 7) is 27.7. The van der Waals surface area contributed by atoms with Crippen LogP contribution in [-0.4, -0.2) is 62.0 Å². The van der Waals surface area contributed by atoms with E-state index in [1.54, 1.807) is 0 Å². The Labute approximate surface area is 478 Å². The number of imide groups is 2. The maximum atomic E-state index is 14.6. The summed E-state index contributed by atoms with van der Waals surface area (Å²) in [6, 6.07) is 32.2. The highest BCUT2D eigenvalue weighted by molar-refractivity contribution is 6.37. The zero-order valence-electron chi connectivity index (χ0n) is 48.3. The van der Waals surface area contributed by atoms with Crippen molar-refractivity contribution in [3.63, 3.8) is 0 Å². The normalized spacial score (nSPS) is 13.2. The smallest absolute Gasteiger partial charge is 0.330 e. The van der Waals surface area contributed by atoms with Crippen molar-refractivity contribution in [2.75, 3.05) is 36.2 Å². The number of hydrogen-bond acceptors (Lipinski definition) is 10. The fourth-order valence-electron chi connectivity index (χ4n) is 11.6. The number of anilines is 2. The van der Waals surface area contributed by atoms with E-state index in [1.807, 2.05) is 104 Å². The minimum Gasteiger partial charge on any atom is -0.490 e. The Morgan fingerprint density at radius 2 is 0.671 bits per heavy atom.